The molecule has 16 heavy (non-hydrogen) atoms. The number of pyridine rings is 1. The van der Waals surface area contributed by atoms with E-state index in [9.17, 15) is 23.7 Å². The van der Waals surface area contributed by atoms with Gasteiger partial charge in [0.15, 0.2) is 5.69 Å². The first-order valence-corrected chi connectivity index (χ1v) is 4.14. The Bertz CT molecular complexity index is 466. The highest BCUT2D eigenvalue weighted by molar-refractivity contribution is 6.35. The summed E-state index contributed by atoms with van der Waals surface area (Å²) in [6.45, 7) is 0. The lowest BCUT2D eigenvalue weighted by molar-refractivity contribution is -0.386. The number of primary amides is 1. The highest BCUT2D eigenvalue weighted by Gasteiger charge is 2.30. The van der Waals surface area contributed by atoms with Gasteiger partial charge in [-0.1, -0.05) is 11.6 Å². The third-order valence-electron chi connectivity index (χ3n) is 1.67. The molecule has 9 heteroatoms. The molecule has 0 spiro atoms. The molecule has 0 saturated carbocycles. The van der Waals surface area contributed by atoms with Crippen LogP contribution in [0, 0.1) is 10.1 Å². The van der Waals surface area contributed by atoms with Gasteiger partial charge in [0, 0.05) is 6.20 Å². The molecule has 2 N–H and O–H groups in total. The average molecular weight is 252 g/mol. The number of hydrogen-bond donors (Lipinski definition) is 1. The van der Waals surface area contributed by atoms with E-state index in [-0.39, 0.29) is 0 Å². The van der Waals surface area contributed by atoms with E-state index in [0.717, 1.165) is 0 Å². The number of halogens is 3. The highest BCUT2D eigenvalue weighted by Crippen LogP contribution is 2.35. The van der Waals surface area contributed by atoms with Crippen LogP contribution in [-0.2, 0) is 0 Å². The van der Waals surface area contributed by atoms with Gasteiger partial charge < -0.3 is 5.73 Å². The molecule has 0 radical (unpaired) electrons. The molecule has 1 aromatic rings. The number of hydrogen-bond acceptors (Lipinski definition) is 4. The molecule has 1 amide bonds. The fraction of sp³-hybridized carbons (Fsp3) is 0.143. The summed E-state index contributed by atoms with van der Waals surface area (Å²) in [5, 5.41) is 9.78. The van der Waals surface area contributed by atoms with Gasteiger partial charge in [-0.15, -0.1) is 0 Å². The molecule has 0 aliphatic rings. The van der Waals surface area contributed by atoms with Gasteiger partial charge in [-0.05, 0) is 0 Å². The van der Waals surface area contributed by atoms with Crippen molar-refractivity contribution in [2.45, 2.75) is 6.43 Å². The van der Waals surface area contributed by atoms with Crippen molar-refractivity contribution in [3.05, 3.63) is 32.6 Å². The minimum Gasteiger partial charge on any atom is -0.366 e. The smallest absolute Gasteiger partial charge is 0.315 e. The van der Waals surface area contributed by atoms with E-state index < -0.39 is 39.2 Å². The van der Waals surface area contributed by atoms with E-state index in [1.807, 2.05) is 0 Å². The molecule has 0 saturated heterocycles. The van der Waals surface area contributed by atoms with E-state index in [2.05, 4.69) is 4.98 Å². The molecule has 86 valence electrons. The van der Waals surface area contributed by atoms with Crippen LogP contribution in [0.2, 0.25) is 5.02 Å². The Hall–Kier alpha value is -1.83. The van der Waals surface area contributed by atoms with Crippen LogP contribution in [0.5, 0.6) is 0 Å². The van der Waals surface area contributed by atoms with Gasteiger partial charge >= 0.3 is 5.69 Å². The summed E-state index contributed by atoms with van der Waals surface area (Å²) in [7, 11) is 0. The Morgan fingerprint density at radius 1 is 1.62 bits per heavy atom. The lowest BCUT2D eigenvalue weighted by Crippen LogP contribution is -2.14. The zero-order valence-electron chi connectivity index (χ0n) is 7.49. The predicted molar refractivity (Wildman–Crippen MR) is 49.4 cm³/mol. The lowest BCUT2D eigenvalue weighted by Gasteiger charge is -2.04. The molecule has 6 nitrogen and oxygen atoms in total. The molecule has 0 atom stereocenters. The Morgan fingerprint density at radius 2 is 2.19 bits per heavy atom. The molecule has 1 heterocycles. The SMILES string of the molecule is NC(=O)c1cnc(C(F)F)c([N+](=O)[O-])c1Cl. The minimum atomic E-state index is -3.17. The third-order valence-corrected chi connectivity index (χ3v) is 2.06. The first-order valence-electron chi connectivity index (χ1n) is 3.77. The van der Waals surface area contributed by atoms with E-state index in [4.69, 9.17) is 17.3 Å². The average Bonchev–Trinajstić information content (AvgIpc) is 2.15. The highest BCUT2D eigenvalue weighted by atomic mass is 35.5. The molecule has 0 aliphatic heterocycles. The van der Waals surface area contributed by atoms with Crippen molar-refractivity contribution < 1.29 is 18.5 Å². The molecule has 1 aromatic heterocycles. The van der Waals surface area contributed by atoms with Gasteiger partial charge in [0.1, 0.15) is 5.02 Å². The van der Waals surface area contributed by atoms with Gasteiger partial charge in [0.25, 0.3) is 12.3 Å². The van der Waals surface area contributed by atoms with Crippen LogP contribution in [0.3, 0.4) is 0 Å². The van der Waals surface area contributed by atoms with Crippen molar-refractivity contribution in [3.63, 3.8) is 0 Å². The van der Waals surface area contributed by atoms with Crippen LogP contribution in [0.1, 0.15) is 22.5 Å². The summed E-state index contributed by atoms with van der Waals surface area (Å²) < 4.78 is 24.7. The number of rotatable bonds is 3. The first kappa shape index (κ1) is 12.2. The molecular formula is C7H4ClF2N3O3. The van der Waals surface area contributed by atoms with Crippen LogP contribution in [0.4, 0.5) is 14.5 Å². The second-order valence-corrected chi connectivity index (χ2v) is 3.02. The molecule has 1 rings (SSSR count). The zero-order chi connectivity index (χ0) is 12.5. The van der Waals surface area contributed by atoms with Crippen LogP contribution in [0.15, 0.2) is 6.20 Å². The Labute approximate surface area is 92.2 Å². The largest absolute Gasteiger partial charge is 0.366 e. The topological polar surface area (TPSA) is 99.1 Å². The van der Waals surface area contributed by atoms with Crippen molar-refractivity contribution in [1.82, 2.24) is 4.98 Å². The molecule has 0 aliphatic carbocycles. The van der Waals surface area contributed by atoms with Crippen molar-refractivity contribution >= 4 is 23.2 Å². The van der Waals surface area contributed by atoms with E-state index >= 15 is 0 Å². The van der Waals surface area contributed by atoms with Gasteiger partial charge in [0.05, 0.1) is 10.5 Å². The van der Waals surface area contributed by atoms with Gasteiger partial charge in [-0.3, -0.25) is 14.9 Å². The molecule has 0 aromatic carbocycles. The van der Waals surface area contributed by atoms with Crippen LogP contribution in [-0.4, -0.2) is 15.8 Å². The zero-order valence-corrected chi connectivity index (χ0v) is 8.24. The summed E-state index contributed by atoms with van der Waals surface area (Å²) in [6.07, 6.45) is -2.49. The molecule has 0 bridgehead atoms. The van der Waals surface area contributed by atoms with Crippen molar-refractivity contribution in [3.8, 4) is 0 Å². The van der Waals surface area contributed by atoms with Crippen molar-refractivity contribution in [2.75, 3.05) is 0 Å². The number of nitro groups is 1. The number of amides is 1. The number of carbonyl (C=O) groups is 1. The molecule has 0 fully saturated rings. The van der Waals surface area contributed by atoms with Crippen molar-refractivity contribution in [1.29, 1.82) is 0 Å². The van der Waals surface area contributed by atoms with Crippen molar-refractivity contribution in [2.24, 2.45) is 5.73 Å². The summed E-state index contributed by atoms with van der Waals surface area (Å²) in [4.78, 5) is 23.3. The first-order chi connectivity index (χ1) is 7.36. The van der Waals surface area contributed by atoms with E-state index in [0.29, 0.717) is 6.20 Å². The predicted octanol–water partition coefficient (Wildman–Crippen LogP) is 1.68. The number of nitrogens with two attached hydrogens (primary N) is 1. The third kappa shape index (κ3) is 2.06. The Kier molecular flexibility index (Phi) is 3.33. The van der Waals surface area contributed by atoms with Gasteiger partial charge in [-0.25, -0.2) is 13.8 Å². The fourth-order valence-corrected chi connectivity index (χ4v) is 1.30. The standard InChI is InChI=1S/C7H4ClF2N3O3/c8-3-2(7(11)14)1-12-4(6(9)10)5(3)13(15)16/h1,6H,(H2,11,14). The number of alkyl halides is 2. The van der Waals surface area contributed by atoms with E-state index in [1.54, 1.807) is 0 Å². The molecular weight excluding hydrogens is 248 g/mol. The monoisotopic (exact) mass is 251 g/mol. The maximum Gasteiger partial charge on any atom is 0.315 e. The van der Waals surface area contributed by atoms with Crippen LogP contribution < -0.4 is 5.73 Å². The summed E-state index contributed by atoms with van der Waals surface area (Å²) in [5.74, 6) is -1.08. The van der Waals surface area contributed by atoms with Gasteiger partial charge in [0.2, 0.25) is 0 Å². The maximum absolute atomic E-state index is 12.4. The number of carbonyl (C=O) groups excluding carboxylic acids is 1. The normalized spacial score (nSPS) is 10.5. The lowest BCUT2D eigenvalue weighted by atomic mass is 10.2. The second-order valence-electron chi connectivity index (χ2n) is 2.64. The summed E-state index contributed by atoms with van der Waals surface area (Å²) in [6, 6.07) is 0. The van der Waals surface area contributed by atoms with Gasteiger partial charge in [-0.2, -0.15) is 0 Å². The fourth-order valence-electron chi connectivity index (χ4n) is 0.997. The number of nitrogens with zero attached hydrogens (tertiary/aromatic N) is 2. The summed E-state index contributed by atoms with van der Waals surface area (Å²) in [5.41, 5.74) is 2.16. The number of aromatic nitrogens is 1. The minimum absolute atomic E-state index is 0.474. The maximum atomic E-state index is 12.4. The Balaban J connectivity index is 3.54. The van der Waals surface area contributed by atoms with Crippen LogP contribution >= 0.6 is 11.6 Å². The Morgan fingerprint density at radius 3 is 2.56 bits per heavy atom. The summed E-state index contributed by atoms with van der Waals surface area (Å²) >= 11 is 5.43. The second kappa shape index (κ2) is 4.35. The van der Waals surface area contributed by atoms with Crippen LogP contribution in [0.25, 0.3) is 0 Å². The quantitative estimate of drug-likeness (QED) is 0.652. The van der Waals surface area contributed by atoms with E-state index in [1.165, 1.54) is 0 Å². The molecule has 0 unspecified atom stereocenters.